The summed E-state index contributed by atoms with van der Waals surface area (Å²) in [6.07, 6.45) is 13.9. The summed E-state index contributed by atoms with van der Waals surface area (Å²) < 4.78 is 33.9. The van der Waals surface area contributed by atoms with Crippen LogP contribution in [0.4, 0.5) is 0 Å². The Morgan fingerprint density at radius 1 is 0.960 bits per heavy atom. The minimum absolute atomic E-state index is 0. The normalized spacial score (nSPS) is 12.9. The van der Waals surface area contributed by atoms with E-state index in [4.69, 9.17) is 0 Å². The average Bonchev–Trinajstić information content (AvgIpc) is 2.49. The molecular formula is C18H32KO5S-. The Bertz CT molecular complexity index is 448. The fourth-order valence-corrected chi connectivity index (χ4v) is 3.41. The number of hydrogen-bond donors (Lipinski definition) is 0. The van der Waals surface area contributed by atoms with Crippen molar-refractivity contribution in [2.24, 2.45) is 0 Å². The maximum atomic E-state index is 11.3. The maximum Gasteiger partial charge on any atom is 1.00 e. The number of aliphatic carboxylic acids is 1. The zero-order chi connectivity index (χ0) is 18.3. The minimum atomic E-state index is -4.26. The second kappa shape index (κ2) is 18.1. The Hall–Kier alpha value is 0.756. The predicted molar refractivity (Wildman–Crippen MR) is 93.3 cm³/mol. The van der Waals surface area contributed by atoms with Crippen LogP contribution >= 0.6 is 0 Å². The Kier molecular flexibility index (Phi) is 20.3. The van der Waals surface area contributed by atoms with E-state index in [0.717, 1.165) is 32.1 Å². The van der Waals surface area contributed by atoms with Gasteiger partial charge >= 0.3 is 51.4 Å². The molecule has 0 N–H and O–H groups in total. The number of carboxylic acid groups (broad SMARTS) is 1. The van der Waals surface area contributed by atoms with Crippen LogP contribution in [0.25, 0.3) is 0 Å². The Balaban J connectivity index is 0. The van der Waals surface area contributed by atoms with Crippen molar-refractivity contribution >= 4 is 16.1 Å². The van der Waals surface area contributed by atoms with Gasteiger partial charge in [-0.1, -0.05) is 64.0 Å². The van der Waals surface area contributed by atoms with Gasteiger partial charge in [0.15, 0.2) is 0 Å². The molecule has 1 atom stereocenters. The second-order valence-electron chi connectivity index (χ2n) is 6.35. The molecule has 0 fully saturated rings. The van der Waals surface area contributed by atoms with Gasteiger partial charge in [0.2, 0.25) is 0 Å². The number of carbonyl (C=O) groups is 1. The smallest absolute Gasteiger partial charge is 0.748 e. The van der Waals surface area contributed by atoms with Crippen LogP contribution in [0, 0.1) is 0 Å². The number of hydrogen-bond acceptors (Lipinski definition) is 5. The van der Waals surface area contributed by atoms with E-state index in [0.29, 0.717) is 25.7 Å². The van der Waals surface area contributed by atoms with E-state index in [-0.39, 0.29) is 57.8 Å². The molecule has 0 aliphatic heterocycles. The molecule has 0 aromatic rings. The molecule has 0 rings (SSSR count). The van der Waals surface area contributed by atoms with Crippen LogP contribution in [0.1, 0.15) is 90.4 Å². The van der Waals surface area contributed by atoms with Crippen molar-refractivity contribution in [3.8, 4) is 0 Å². The van der Waals surface area contributed by atoms with Crippen LogP contribution in [0.15, 0.2) is 12.2 Å². The summed E-state index contributed by atoms with van der Waals surface area (Å²) in [4.78, 5) is 10.3. The third kappa shape index (κ3) is 19.3. The van der Waals surface area contributed by atoms with E-state index >= 15 is 0 Å². The zero-order valence-electron chi connectivity index (χ0n) is 15.9. The molecule has 0 aromatic heterocycles. The van der Waals surface area contributed by atoms with Crippen LogP contribution in [-0.4, -0.2) is 24.2 Å². The van der Waals surface area contributed by atoms with E-state index < -0.39 is 21.3 Å². The Morgan fingerprint density at radius 3 is 2.16 bits per heavy atom. The van der Waals surface area contributed by atoms with Gasteiger partial charge in [-0.3, -0.25) is 0 Å². The van der Waals surface area contributed by atoms with Crippen molar-refractivity contribution in [1.29, 1.82) is 0 Å². The van der Waals surface area contributed by atoms with Gasteiger partial charge in [0, 0.05) is 5.97 Å². The SMILES string of the molecule is CCCCCC/C=C/CC(CCCCCCCC(=O)[O-])S(=O)(=O)[O-].[K+]. The quantitative estimate of drug-likeness (QED) is 0.161. The third-order valence-corrected chi connectivity index (χ3v) is 5.35. The van der Waals surface area contributed by atoms with E-state index in [9.17, 15) is 22.9 Å². The van der Waals surface area contributed by atoms with Gasteiger partial charge < -0.3 is 14.5 Å². The van der Waals surface area contributed by atoms with Gasteiger partial charge in [-0.15, -0.1) is 0 Å². The van der Waals surface area contributed by atoms with Crippen LogP contribution in [0.5, 0.6) is 0 Å². The van der Waals surface area contributed by atoms with E-state index in [1.54, 1.807) is 0 Å². The zero-order valence-corrected chi connectivity index (χ0v) is 19.8. The van der Waals surface area contributed by atoms with Gasteiger partial charge in [-0.25, -0.2) is 8.42 Å². The first kappa shape index (κ1) is 28.0. The molecule has 5 nitrogen and oxygen atoms in total. The Morgan fingerprint density at radius 2 is 1.56 bits per heavy atom. The first-order valence-corrected chi connectivity index (χ1v) is 10.6. The fraction of sp³-hybridized carbons (Fsp3) is 0.833. The topological polar surface area (TPSA) is 97.3 Å². The summed E-state index contributed by atoms with van der Waals surface area (Å²) in [5, 5.41) is 9.43. The molecule has 0 saturated heterocycles. The molecule has 0 bridgehead atoms. The monoisotopic (exact) mass is 399 g/mol. The molecule has 1 unspecified atom stereocenters. The fourth-order valence-electron chi connectivity index (χ4n) is 2.61. The molecule has 0 aliphatic rings. The largest absolute Gasteiger partial charge is 1.00 e. The van der Waals surface area contributed by atoms with E-state index in [1.807, 2.05) is 12.2 Å². The first-order valence-electron chi connectivity index (χ1n) is 9.17. The second-order valence-corrected chi connectivity index (χ2v) is 8.00. The van der Waals surface area contributed by atoms with Crippen molar-refractivity contribution in [3.63, 3.8) is 0 Å². The molecular weight excluding hydrogens is 367 g/mol. The van der Waals surface area contributed by atoms with Crippen molar-refractivity contribution < 1.29 is 74.3 Å². The summed E-state index contributed by atoms with van der Waals surface area (Å²) in [5.74, 6) is -1.03. The van der Waals surface area contributed by atoms with Gasteiger partial charge in [0.1, 0.15) is 0 Å². The third-order valence-electron chi connectivity index (χ3n) is 4.11. The summed E-state index contributed by atoms with van der Waals surface area (Å²) in [6, 6.07) is 0. The molecule has 25 heavy (non-hydrogen) atoms. The summed E-state index contributed by atoms with van der Waals surface area (Å²) in [6.45, 7) is 2.16. The average molecular weight is 400 g/mol. The predicted octanol–water partition coefficient (Wildman–Crippen LogP) is 0.302. The van der Waals surface area contributed by atoms with E-state index in [1.165, 1.54) is 19.3 Å². The van der Waals surface area contributed by atoms with Gasteiger partial charge in [-0.05, 0) is 38.5 Å². The van der Waals surface area contributed by atoms with Crippen LogP contribution in [-0.2, 0) is 14.9 Å². The van der Waals surface area contributed by atoms with E-state index in [2.05, 4.69) is 6.92 Å². The van der Waals surface area contributed by atoms with Crippen LogP contribution in [0.2, 0.25) is 0 Å². The molecule has 0 radical (unpaired) electrons. The van der Waals surface area contributed by atoms with Crippen LogP contribution in [0.3, 0.4) is 0 Å². The maximum absolute atomic E-state index is 11.3. The van der Waals surface area contributed by atoms with Crippen molar-refractivity contribution in [3.05, 3.63) is 12.2 Å². The van der Waals surface area contributed by atoms with Gasteiger partial charge in [0.25, 0.3) is 0 Å². The van der Waals surface area contributed by atoms with Gasteiger partial charge in [-0.2, -0.15) is 0 Å². The summed E-state index contributed by atoms with van der Waals surface area (Å²) >= 11 is 0. The molecule has 0 aromatic carbocycles. The molecule has 0 aliphatic carbocycles. The molecule has 0 saturated carbocycles. The van der Waals surface area contributed by atoms with Gasteiger partial charge in [0.05, 0.1) is 15.4 Å². The molecule has 0 amide bonds. The molecule has 142 valence electrons. The molecule has 0 spiro atoms. The summed E-state index contributed by atoms with van der Waals surface area (Å²) in [7, 11) is -4.26. The Labute approximate surface area is 196 Å². The number of carboxylic acids is 1. The summed E-state index contributed by atoms with van der Waals surface area (Å²) in [5.41, 5.74) is 0. The number of allylic oxidation sites excluding steroid dienone is 2. The van der Waals surface area contributed by atoms with Crippen molar-refractivity contribution in [1.82, 2.24) is 0 Å². The minimum Gasteiger partial charge on any atom is -0.748 e. The van der Waals surface area contributed by atoms with Crippen LogP contribution < -0.4 is 56.5 Å². The number of rotatable bonds is 16. The number of carbonyl (C=O) groups excluding carboxylic acids is 1. The van der Waals surface area contributed by atoms with Crippen molar-refractivity contribution in [2.45, 2.75) is 95.6 Å². The number of unbranched alkanes of at least 4 members (excludes halogenated alkanes) is 8. The standard InChI is InChI=1S/C18H34O5S.K/c1-2-3-4-5-6-8-11-14-17(24(21,22)23)15-12-9-7-10-13-16-18(19)20;/h8,11,17H,2-7,9-10,12-16H2,1H3,(H,19,20)(H,21,22,23);/q;+1/p-2/b11-8+;. The van der Waals surface area contributed by atoms with Crippen molar-refractivity contribution in [2.75, 3.05) is 0 Å². The molecule has 0 heterocycles. The first-order chi connectivity index (χ1) is 11.4. The molecule has 7 heteroatoms.